The summed E-state index contributed by atoms with van der Waals surface area (Å²) in [7, 11) is -8.14. The summed E-state index contributed by atoms with van der Waals surface area (Å²) in [6.45, 7) is 7.80. The number of ether oxygens (including phenoxy) is 1. The number of carbonyl (C=O) groups excluding carboxylic acids is 1. The smallest absolute Gasteiger partial charge is 0.410 e. The van der Waals surface area contributed by atoms with Crippen molar-refractivity contribution in [1.29, 1.82) is 0 Å². The third-order valence-electron chi connectivity index (χ3n) is 8.28. The van der Waals surface area contributed by atoms with Crippen molar-refractivity contribution in [1.82, 2.24) is 24.5 Å². The quantitative estimate of drug-likeness (QED) is 0.196. The second-order valence-corrected chi connectivity index (χ2v) is 16.4. The molecule has 1 N–H and O–H groups in total. The van der Waals surface area contributed by atoms with Gasteiger partial charge in [0.1, 0.15) is 16.2 Å². The number of sulfonamides is 1. The Bertz CT molecular complexity index is 2210. The Morgan fingerprint density at radius 3 is 1.98 bits per heavy atom. The standard InChI is InChI=1S/C36H39N5O7S2/c1-36(2,3)47-35(42)41-20-18-40(19-21-41)25-29(39-49(43,44)33-8-4-6-27-23-37-16-14-31(27)33)22-26-10-12-30(13-11-26)48-50(45,46)34-9-5-7-28-24-38-17-15-32(28)34/h4-17,23-24,29,39H,18-22,25H2,1-3H3. The average Bonchev–Trinajstić information content (AvgIpc) is 3.08. The van der Waals surface area contributed by atoms with E-state index in [0.29, 0.717) is 60.7 Å². The van der Waals surface area contributed by atoms with Crippen molar-refractivity contribution in [3.05, 3.63) is 103 Å². The van der Waals surface area contributed by atoms with E-state index in [4.69, 9.17) is 8.92 Å². The highest BCUT2D eigenvalue weighted by Crippen LogP contribution is 2.27. The molecule has 1 amide bonds. The number of piperazine rings is 1. The molecular formula is C36H39N5O7S2. The molecule has 1 fully saturated rings. The Hall–Kier alpha value is -4.63. The van der Waals surface area contributed by atoms with Crippen LogP contribution in [0.1, 0.15) is 26.3 Å². The minimum atomic E-state index is -4.16. The molecule has 1 aliphatic heterocycles. The number of nitrogens with one attached hydrogen (secondary N) is 1. The fourth-order valence-electron chi connectivity index (χ4n) is 5.95. The maximum Gasteiger partial charge on any atom is 0.410 e. The molecule has 0 radical (unpaired) electrons. The van der Waals surface area contributed by atoms with Gasteiger partial charge in [-0.15, -0.1) is 0 Å². The highest BCUT2D eigenvalue weighted by atomic mass is 32.2. The summed E-state index contributed by atoms with van der Waals surface area (Å²) in [5, 5.41) is 2.44. The van der Waals surface area contributed by atoms with Crippen molar-refractivity contribution in [3.63, 3.8) is 0 Å². The second kappa shape index (κ2) is 14.3. The highest BCUT2D eigenvalue weighted by molar-refractivity contribution is 7.89. The van der Waals surface area contributed by atoms with Gasteiger partial charge >= 0.3 is 16.2 Å². The van der Waals surface area contributed by atoms with Crippen LogP contribution in [0.4, 0.5) is 4.79 Å². The lowest BCUT2D eigenvalue weighted by Gasteiger charge is -2.37. The van der Waals surface area contributed by atoms with Crippen molar-refractivity contribution in [2.75, 3.05) is 32.7 Å². The van der Waals surface area contributed by atoms with E-state index in [-0.39, 0.29) is 21.6 Å². The molecule has 14 heteroatoms. The number of hydrogen-bond acceptors (Lipinski definition) is 10. The zero-order valence-corrected chi connectivity index (χ0v) is 29.7. The van der Waals surface area contributed by atoms with Gasteiger partial charge in [-0.2, -0.15) is 8.42 Å². The second-order valence-electron chi connectivity index (χ2n) is 13.2. The molecule has 6 rings (SSSR count). The van der Waals surface area contributed by atoms with Gasteiger partial charge in [0, 0.05) is 85.1 Å². The summed E-state index contributed by atoms with van der Waals surface area (Å²) >= 11 is 0. The molecule has 3 heterocycles. The lowest BCUT2D eigenvalue weighted by atomic mass is 10.1. The Kier molecular flexibility index (Phi) is 10.1. The number of pyridine rings is 2. The first-order valence-electron chi connectivity index (χ1n) is 16.2. The largest absolute Gasteiger partial charge is 0.444 e. The molecule has 12 nitrogen and oxygen atoms in total. The maximum atomic E-state index is 13.9. The Morgan fingerprint density at radius 2 is 1.38 bits per heavy atom. The molecule has 0 bridgehead atoms. The van der Waals surface area contributed by atoms with Gasteiger partial charge in [0.2, 0.25) is 10.0 Å². The summed E-state index contributed by atoms with van der Waals surface area (Å²) in [5.41, 5.74) is 0.168. The summed E-state index contributed by atoms with van der Waals surface area (Å²) in [5.74, 6) is 0.125. The normalized spacial score (nSPS) is 15.2. The van der Waals surface area contributed by atoms with Gasteiger partial charge in [-0.05, 0) is 69.2 Å². The summed E-state index contributed by atoms with van der Waals surface area (Å²) in [6, 6.07) is 19.3. The molecule has 1 unspecified atom stereocenters. The zero-order chi connectivity index (χ0) is 35.5. The minimum Gasteiger partial charge on any atom is -0.444 e. The van der Waals surface area contributed by atoms with Gasteiger partial charge < -0.3 is 13.8 Å². The summed E-state index contributed by atoms with van der Waals surface area (Å²) in [4.78, 5) is 24.8. The molecule has 2 aromatic heterocycles. The number of benzene rings is 3. The van der Waals surface area contributed by atoms with E-state index in [1.807, 2.05) is 26.8 Å². The Labute approximate surface area is 292 Å². The highest BCUT2D eigenvalue weighted by Gasteiger charge is 2.29. The first-order valence-corrected chi connectivity index (χ1v) is 19.1. The van der Waals surface area contributed by atoms with Crippen LogP contribution in [0.5, 0.6) is 5.75 Å². The van der Waals surface area contributed by atoms with Crippen LogP contribution >= 0.6 is 0 Å². The van der Waals surface area contributed by atoms with E-state index in [1.165, 1.54) is 12.3 Å². The van der Waals surface area contributed by atoms with Crippen molar-refractivity contribution < 1.29 is 30.6 Å². The van der Waals surface area contributed by atoms with Crippen molar-refractivity contribution in [3.8, 4) is 5.75 Å². The number of carbonyl (C=O) groups is 1. The molecule has 50 heavy (non-hydrogen) atoms. The molecule has 262 valence electrons. The third-order valence-corrected chi connectivity index (χ3v) is 11.2. The van der Waals surface area contributed by atoms with Gasteiger partial charge in [0.05, 0.1) is 4.90 Å². The molecule has 0 aliphatic carbocycles. The lowest BCUT2D eigenvalue weighted by molar-refractivity contribution is 0.0140. The number of nitrogens with zero attached hydrogens (tertiary/aromatic N) is 4. The van der Waals surface area contributed by atoms with E-state index in [2.05, 4.69) is 19.6 Å². The molecule has 1 atom stereocenters. The minimum absolute atomic E-state index is 0.0342. The zero-order valence-electron chi connectivity index (χ0n) is 28.0. The number of rotatable bonds is 10. The third kappa shape index (κ3) is 8.38. The maximum absolute atomic E-state index is 13.9. The predicted molar refractivity (Wildman–Crippen MR) is 190 cm³/mol. The lowest BCUT2D eigenvalue weighted by Crippen LogP contribution is -2.53. The van der Waals surface area contributed by atoms with Crippen LogP contribution in [0.25, 0.3) is 21.5 Å². The van der Waals surface area contributed by atoms with Crippen LogP contribution in [0.15, 0.2) is 107 Å². The summed E-state index contributed by atoms with van der Waals surface area (Å²) < 4.78 is 68.3. The van der Waals surface area contributed by atoms with Crippen LogP contribution in [0.3, 0.4) is 0 Å². The van der Waals surface area contributed by atoms with Crippen LogP contribution < -0.4 is 8.91 Å². The van der Waals surface area contributed by atoms with Crippen LogP contribution in [-0.2, 0) is 31.3 Å². The predicted octanol–water partition coefficient (Wildman–Crippen LogP) is 4.99. The molecule has 1 saturated heterocycles. The number of hydrogen-bond donors (Lipinski definition) is 1. The SMILES string of the molecule is CC(C)(C)OC(=O)N1CCN(CC(Cc2ccc(OS(=O)(=O)c3cccc4cnccc34)cc2)NS(=O)(=O)c2cccc3cnccc23)CC1. The molecule has 3 aromatic carbocycles. The molecule has 1 aliphatic rings. The van der Waals surface area contributed by atoms with Crippen LogP contribution in [-0.4, -0.2) is 87.1 Å². The first-order chi connectivity index (χ1) is 23.8. The molecular weight excluding hydrogens is 679 g/mol. The molecule has 0 spiro atoms. The van der Waals surface area contributed by atoms with Gasteiger partial charge in [-0.3, -0.25) is 14.9 Å². The van der Waals surface area contributed by atoms with E-state index < -0.39 is 31.8 Å². The van der Waals surface area contributed by atoms with E-state index >= 15 is 0 Å². The van der Waals surface area contributed by atoms with Crippen molar-refractivity contribution in [2.45, 2.75) is 48.6 Å². The first kappa shape index (κ1) is 35.2. The molecule has 0 saturated carbocycles. The fraction of sp³-hybridized carbons (Fsp3) is 0.306. The van der Waals surface area contributed by atoms with Gasteiger partial charge in [-0.25, -0.2) is 17.9 Å². The van der Waals surface area contributed by atoms with E-state index in [9.17, 15) is 21.6 Å². The number of fused-ring (bicyclic) bond motifs is 2. The summed E-state index contributed by atoms with van der Waals surface area (Å²) in [6.07, 6.45) is 6.23. The van der Waals surface area contributed by atoms with Crippen molar-refractivity contribution >= 4 is 47.8 Å². The van der Waals surface area contributed by atoms with Gasteiger partial charge in [-0.1, -0.05) is 36.4 Å². The van der Waals surface area contributed by atoms with Crippen molar-refractivity contribution in [2.24, 2.45) is 0 Å². The fourth-order valence-corrected chi connectivity index (χ4v) is 8.56. The number of amides is 1. The number of aromatic nitrogens is 2. The average molecular weight is 718 g/mol. The van der Waals surface area contributed by atoms with E-state index in [1.54, 1.807) is 84.2 Å². The Balaban J connectivity index is 1.20. The van der Waals surface area contributed by atoms with Gasteiger partial charge in [0.25, 0.3) is 0 Å². The van der Waals surface area contributed by atoms with Crippen LogP contribution in [0.2, 0.25) is 0 Å². The van der Waals surface area contributed by atoms with Gasteiger partial charge in [0.15, 0.2) is 0 Å². The van der Waals surface area contributed by atoms with Crippen LogP contribution in [0, 0.1) is 0 Å². The molecule has 5 aromatic rings. The Morgan fingerprint density at radius 1 is 0.800 bits per heavy atom. The topological polar surface area (TPSA) is 148 Å². The monoisotopic (exact) mass is 717 g/mol. The van der Waals surface area contributed by atoms with E-state index in [0.717, 1.165) is 5.56 Å².